The Hall–Kier alpha value is -3.06. The number of carbonyl (C=O) groups excluding carboxylic acids is 3. The van der Waals surface area contributed by atoms with Crippen LogP contribution in [0.5, 0.6) is 0 Å². The molecule has 0 aromatic heterocycles. The summed E-state index contributed by atoms with van der Waals surface area (Å²) in [6.07, 6.45) is -26.4. The largest absolute Gasteiger partial charge is 0.481 e. The van der Waals surface area contributed by atoms with Crippen LogP contribution in [0.3, 0.4) is 0 Å². The average molecular weight is 1150 g/mol. The lowest BCUT2D eigenvalue weighted by atomic mass is 9.33. The van der Waals surface area contributed by atoms with E-state index in [9.17, 15) is 80.8 Å². The summed E-state index contributed by atoms with van der Waals surface area (Å²) < 4.78 is 45.1. The quantitative estimate of drug-likeness (QED) is 0.0500. The van der Waals surface area contributed by atoms with Gasteiger partial charge in [-0.05, 0) is 111 Å². The Morgan fingerprint density at radius 1 is 0.662 bits per heavy atom. The van der Waals surface area contributed by atoms with Crippen LogP contribution in [0, 0.1) is 50.2 Å². The molecule has 25 heteroatoms. The molecule has 0 unspecified atom stereocenters. The zero-order valence-corrected chi connectivity index (χ0v) is 46.7. The van der Waals surface area contributed by atoms with Crippen LogP contribution in [0.2, 0.25) is 0 Å². The van der Waals surface area contributed by atoms with Gasteiger partial charge in [0.15, 0.2) is 12.6 Å². The van der Waals surface area contributed by atoms with Gasteiger partial charge in [0.2, 0.25) is 6.29 Å². The molecule has 3 saturated heterocycles. The van der Waals surface area contributed by atoms with Gasteiger partial charge >= 0.3 is 23.9 Å². The normalized spacial score (nSPS) is 48.8. The smallest absolute Gasteiger partial charge is 0.317 e. The maximum atomic E-state index is 15.5. The van der Waals surface area contributed by atoms with E-state index in [0.29, 0.717) is 44.9 Å². The monoisotopic (exact) mass is 1150 g/mol. The van der Waals surface area contributed by atoms with E-state index in [-0.39, 0.29) is 30.1 Å². The third-order valence-electron chi connectivity index (χ3n) is 20.9. The maximum Gasteiger partial charge on any atom is 0.317 e. The van der Waals surface area contributed by atoms with E-state index in [1.54, 1.807) is 6.92 Å². The number of aliphatic carboxylic acids is 1. The minimum absolute atomic E-state index is 0.0556. The van der Waals surface area contributed by atoms with Crippen LogP contribution < -0.4 is 0 Å². The van der Waals surface area contributed by atoms with E-state index in [4.69, 9.17) is 33.2 Å². The first-order valence-electron chi connectivity index (χ1n) is 27.9. The number of carboxylic acid groups (broad SMARTS) is 1. The van der Waals surface area contributed by atoms with E-state index in [1.165, 1.54) is 6.92 Å². The molecule has 0 bridgehead atoms. The second kappa shape index (κ2) is 22.7. The van der Waals surface area contributed by atoms with Crippen LogP contribution in [-0.4, -0.2) is 227 Å². The van der Waals surface area contributed by atoms with Crippen molar-refractivity contribution in [2.75, 3.05) is 26.9 Å². The molecule has 456 valence electrons. The Labute approximate surface area is 464 Å². The van der Waals surface area contributed by atoms with E-state index in [2.05, 4.69) is 45.4 Å². The fraction of sp³-hybridized carbons (Fsp3) is 0.891. The van der Waals surface area contributed by atoms with Gasteiger partial charge in [0, 0.05) is 0 Å². The third-order valence-corrected chi connectivity index (χ3v) is 20.9. The van der Waals surface area contributed by atoms with Gasteiger partial charge in [0.05, 0.1) is 56.4 Å². The number of ether oxygens (including phenoxy) is 8. The van der Waals surface area contributed by atoms with Gasteiger partial charge in [-0.15, -0.1) is 0 Å². The van der Waals surface area contributed by atoms with Gasteiger partial charge in [-0.3, -0.25) is 19.2 Å². The summed E-state index contributed by atoms with van der Waals surface area (Å²) in [6.45, 7) is 11.0. The summed E-state index contributed by atoms with van der Waals surface area (Å²) in [5.41, 5.74) is -6.03. The van der Waals surface area contributed by atoms with Crippen LogP contribution in [0.4, 0.5) is 0 Å². The minimum atomic E-state index is -2.14. The Balaban J connectivity index is 1.07. The number of esters is 3. The average Bonchev–Trinajstić information content (AvgIpc) is 3.58. The highest BCUT2D eigenvalue weighted by atomic mass is 16.8. The number of allylic oxidation sites excluding steroid dienone is 2. The number of aliphatic hydroxyl groups is 12. The van der Waals surface area contributed by atoms with Gasteiger partial charge in [-0.1, -0.05) is 46.3 Å². The third kappa shape index (κ3) is 10.7. The highest BCUT2D eigenvalue weighted by Crippen LogP contribution is 2.76. The van der Waals surface area contributed by atoms with Gasteiger partial charge in [0.25, 0.3) is 0 Å². The molecule has 13 N–H and O–H groups in total. The lowest BCUT2D eigenvalue weighted by molar-refractivity contribution is -0.363. The van der Waals surface area contributed by atoms with Gasteiger partial charge in [-0.2, -0.15) is 0 Å². The number of aliphatic hydroxyl groups excluding tert-OH is 11. The molecule has 0 aromatic rings. The summed E-state index contributed by atoms with van der Waals surface area (Å²) in [7, 11) is 1.09. The van der Waals surface area contributed by atoms with Gasteiger partial charge in [0.1, 0.15) is 85.3 Å². The lowest BCUT2D eigenvalue weighted by Crippen LogP contribution is -2.69. The Kier molecular flexibility index (Phi) is 17.9. The molecular weight excluding hydrogens is 1060 g/mol. The zero-order valence-electron chi connectivity index (χ0n) is 46.7. The second-order valence-corrected chi connectivity index (χ2v) is 26.3. The first-order chi connectivity index (χ1) is 37.2. The van der Waals surface area contributed by atoms with Crippen molar-refractivity contribution < 1.29 is 123 Å². The first-order valence-corrected chi connectivity index (χ1v) is 27.9. The number of methoxy groups -OCH3 is 1. The minimum Gasteiger partial charge on any atom is -0.481 e. The Bertz CT molecular complexity index is 2310. The molecule has 0 spiro atoms. The number of hydrogen-bond donors (Lipinski definition) is 13. The summed E-state index contributed by atoms with van der Waals surface area (Å²) in [5, 5.41) is 144. The Morgan fingerprint density at radius 2 is 1.26 bits per heavy atom. The predicted molar refractivity (Wildman–Crippen MR) is 269 cm³/mol. The number of hydrogen-bond acceptors (Lipinski definition) is 24. The molecule has 3 aliphatic heterocycles. The van der Waals surface area contributed by atoms with Crippen molar-refractivity contribution in [3.05, 3.63) is 11.6 Å². The first kappa shape index (κ1) is 63.0. The molecule has 7 fully saturated rings. The van der Waals surface area contributed by atoms with Crippen LogP contribution in [-0.2, 0) is 57.1 Å². The number of fused-ring (bicyclic) bond motifs is 7. The van der Waals surface area contributed by atoms with Crippen molar-refractivity contribution in [2.45, 2.75) is 229 Å². The molecule has 0 amide bonds. The highest BCUT2D eigenvalue weighted by molar-refractivity contribution is 5.80. The molecule has 0 radical (unpaired) electrons. The number of carboxylic acids is 1. The van der Waals surface area contributed by atoms with Gasteiger partial charge < -0.3 is 104 Å². The number of carbonyl (C=O) groups is 4. The molecule has 80 heavy (non-hydrogen) atoms. The highest BCUT2D eigenvalue weighted by Gasteiger charge is 2.73. The molecular formula is C55H86O25. The molecule has 3 heterocycles. The standard InChI is InChI=1S/C55H86O25/c1-49(2)15-16-55(25(17-49)24-9-10-29-51(4)13-12-31(57)54(7,47(69)70)30(51)11-14-52(29,5)53(24,6)18-32(55)58)48(71)80-46-42(68)43(79-45-41(67)38(64)35(61)26(21-56)76-45)37(63)28(78-46)23-75-44-40(66)39(65)36(62)27(77-44)22-74-34(60)20-50(3,72)19-33(59)73-8/h9,25-32,35-46,56-58,61-68,72H,10-23H2,1-8H3,(H,69,70)/t25-,26-,27-,28-,29-,30+,31-,32+,35-,36-,37-,38+,39+,40-,41-,42-,43+,44-,45+,46+,50+,51+,52+,53-,54-,55-/m0/s1. The molecule has 26 atom stereocenters. The van der Waals surface area contributed by atoms with Crippen molar-refractivity contribution in [3.8, 4) is 0 Å². The molecule has 0 aromatic carbocycles. The van der Waals surface area contributed by atoms with Crippen LogP contribution in [0.15, 0.2) is 11.6 Å². The fourth-order valence-corrected chi connectivity index (χ4v) is 15.9. The van der Waals surface area contributed by atoms with Crippen molar-refractivity contribution >= 4 is 23.9 Å². The van der Waals surface area contributed by atoms with Crippen LogP contribution >= 0.6 is 0 Å². The van der Waals surface area contributed by atoms with Crippen molar-refractivity contribution in [3.63, 3.8) is 0 Å². The Morgan fingerprint density at radius 3 is 1.90 bits per heavy atom. The van der Waals surface area contributed by atoms with E-state index in [0.717, 1.165) is 12.7 Å². The zero-order chi connectivity index (χ0) is 59.2. The van der Waals surface area contributed by atoms with Gasteiger partial charge in [-0.25, -0.2) is 0 Å². The molecule has 25 nitrogen and oxygen atoms in total. The molecule has 4 saturated carbocycles. The predicted octanol–water partition coefficient (Wildman–Crippen LogP) is -1.57. The fourth-order valence-electron chi connectivity index (χ4n) is 15.9. The van der Waals surface area contributed by atoms with Crippen molar-refractivity contribution in [1.29, 1.82) is 0 Å². The summed E-state index contributed by atoms with van der Waals surface area (Å²) in [5.74, 6) is -4.88. The maximum absolute atomic E-state index is 15.5. The van der Waals surface area contributed by atoms with Crippen LogP contribution in [0.1, 0.15) is 119 Å². The number of rotatable bonds is 15. The van der Waals surface area contributed by atoms with E-state index in [1.807, 2.05) is 0 Å². The SMILES string of the molecule is COC(=O)C[C@@](C)(O)CC(=O)OC[C@@H]1O[C@H](OC[C@@H]2O[C@H](OC(=O)[C@@]34CCC(C)(C)C[C@H]3C3=CC[C@H]5[C@@]6(C)CC[C@H](O)[C@@](C)(C(=O)O)[C@@H]6CC[C@@]5(C)[C@@]3(C)C[C@H]4O)[C@@H](O)[C@H](O[C@H]3O[C@@H](CO)[C@H](O)[C@@H](O)[C@@H]3O)[C@H]2O)[C@@H](O)[C@H](O)[C@H]1O. The summed E-state index contributed by atoms with van der Waals surface area (Å²) >= 11 is 0. The van der Waals surface area contributed by atoms with Crippen molar-refractivity contribution in [2.24, 2.45) is 50.2 Å². The van der Waals surface area contributed by atoms with E-state index >= 15 is 4.79 Å². The van der Waals surface area contributed by atoms with Crippen molar-refractivity contribution in [1.82, 2.24) is 0 Å². The molecule has 5 aliphatic carbocycles. The topological polar surface area (TPSA) is 405 Å². The molecule has 8 rings (SSSR count). The lowest BCUT2D eigenvalue weighted by Gasteiger charge is -2.71. The molecule has 8 aliphatic rings. The van der Waals surface area contributed by atoms with E-state index < -0.39 is 199 Å². The summed E-state index contributed by atoms with van der Waals surface area (Å²) in [4.78, 5) is 52.9. The van der Waals surface area contributed by atoms with Crippen LogP contribution in [0.25, 0.3) is 0 Å². The summed E-state index contributed by atoms with van der Waals surface area (Å²) in [6, 6.07) is 0. The second-order valence-electron chi connectivity index (χ2n) is 26.3.